The van der Waals surface area contributed by atoms with Gasteiger partial charge in [-0.05, 0) is 52.4 Å². The molecule has 4 fully saturated rings. The first-order valence-electron chi connectivity index (χ1n) is 17.8. The Balaban J connectivity index is 1.10. The first-order chi connectivity index (χ1) is 23.9. The minimum Gasteiger partial charge on any atom is -0.407 e. The molecule has 1 saturated carbocycles. The van der Waals surface area contributed by atoms with Gasteiger partial charge in [0, 0.05) is 30.5 Å². The van der Waals surface area contributed by atoms with E-state index >= 15 is 0 Å². The van der Waals surface area contributed by atoms with E-state index in [-0.39, 0.29) is 10.5 Å². The summed E-state index contributed by atoms with van der Waals surface area (Å²) in [6, 6.07) is 34.2. The normalized spacial score (nSPS) is 26.3. The molecular weight excluding hydrogens is 639 g/mol. The molecule has 3 saturated heterocycles. The minimum absolute atomic E-state index is 0.0782. The van der Waals surface area contributed by atoms with Gasteiger partial charge in [-0.3, -0.25) is 4.79 Å². The first-order valence-corrected chi connectivity index (χ1v) is 19.7. The summed E-state index contributed by atoms with van der Waals surface area (Å²) in [6.07, 6.45) is 3.72. The van der Waals surface area contributed by atoms with Crippen molar-refractivity contribution in [2.24, 2.45) is 17.1 Å². The molecule has 4 atom stereocenters. The summed E-state index contributed by atoms with van der Waals surface area (Å²) in [5.41, 5.74) is 9.06. The minimum atomic E-state index is -2.84. The molecule has 3 unspecified atom stereocenters. The SMILES string of the molecule is Cc1cc(N2CC[C@](C)(c3ccccc3)C2)cn2nc(C34CC(CO[Si](c5ccccc5)(c5ccccc5)C(C)(C)C)(CO3)C4C(N)=O)nc12. The van der Waals surface area contributed by atoms with E-state index in [0.717, 1.165) is 36.4 Å². The third kappa shape index (κ3) is 4.88. The van der Waals surface area contributed by atoms with E-state index in [2.05, 4.69) is 131 Å². The summed E-state index contributed by atoms with van der Waals surface area (Å²) < 4.78 is 15.8. The molecule has 4 aliphatic rings. The second kappa shape index (κ2) is 11.6. The molecule has 258 valence electrons. The van der Waals surface area contributed by atoms with E-state index in [0.29, 0.717) is 25.5 Å². The number of nitrogens with zero attached hydrogens (tertiary/aromatic N) is 4. The molecule has 3 aromatic carbocycles. The van der Waals surface area contributed by atoms with Gasteiger partial charge in [-0.2, -0.15) is 0 Å². The number of carbonyl (C=O) groups is 1. The fourth-order valence-corrected chi connectivity index (χ4v) is 14.0. The zero-order valence-corrected chi connectivity index (χ0v) is 30.7. The van der Waals surface area contributed by atoms with E-state index in [1.54, 1.807) is 0 Å². The van der Waals surface area contributed by atoms with Crippen molar-refractivity contribution in [1.82, 2.24) is 14.6 Å². The van der Waals surface area contributed by atoms with Gasteiger partial charge in [0.1, 0.15) is 5.60 Å². The maximum Gasteiger partial charge on any atom is 0.261 e. The highest BCUT2D eigenvalue weighted by Gasteiger charge is 2.75. The quantitative estimate of drug-likeness (QED) is 0.206. The average Bonchev–Trinajstić information content (AvgIpc) is 3.88. The molecular formula is C41H47N5O3Si. The van der Waals surface area contributed by atoms with Crippen molar-refractivity contribution in [1.29, 1.82) is 0 Å². The van der Waals surface area contributed by atoms with Gasteiger partial charge in [0.15, 0.2) is 11.5 Å². The van der Waals surface area contributed by atoms with Gasteiger partial charge in [0.05, 0.1) is 24.4 Å². The van der Waals surface area contributed by atoms with Crippen LogP contribution in [0.5, 0.6) is 0 Å². The number of anilines is 1. The Labute approximate surface area is 295 Å². The van der Waals surface area contributed by atoms with Crippen LogP contribution < -0.4 is 21.0 Å². The molecule has 2 bridgehead atoms. The number of hydrogen-bond donors (Lipinski definition) is 1. The Bertz CT molecular complexity index is 2010. The standard InChI is InChI=1S/C41H47N5O3Si/c1-29-23-31(45-22-21-39(5,26-45)30-15-9-6-10-16-30)24-46-36(29)43-37(44-46)41-25-40(27-48-41,34(41)35(42)47)28-49-50(38(2,3)4,32-17-11-7-12-18-32)33-19-13-8-14-20-33/h6-20,23-24,34H,21-22,25-28H2,1-5H3,(H2,42,47)/t34?,39-,40?,41?/m0/s1. The number of aryl methyl sites for hydroxylation is 1. The Morgan fingerprint density at radius 1 is 1.00 bits per heavy atom. The van der Waals surface area contributed by atoms with Crippen LogP contribution in [0.3, 0.4) is 0 Å². The topological polar surface area (TPSA) is 95.0 Å². The Hall–Kier alpha value is -4.31. The maximum atomic E-state index is 13.4. The van der Waals surface area contributed by atoms with Crippen molar-refractivity contribution in [2.45, 2.75) is 63.5 Å². The van der Waals surface area contributed by atoms with Gasteiger partial charge >= 0.3 is 0 Å². The van der Waals surface area contributed by atoms with Crippen molar-refractivity contribution in [2.75, 3.05) is 31.2 Å². The second-order valence-electron chi connectivity index (χ2n) is 16.2. The van der Waals surface area contributed by atoms with Crippen molar-refractivity contribution < 1.29 is 14.0 Å². The number of rotatable bonds is 9. The summed E-state index contributed by atoms with van der Waals surface area (Å²) in [6.45, 7) is 13.8. The van der Waals surface area contributed by atoms with Crippen LogP contribution in [-0.4, -0.2) is 55.1 Å². The fourth-order valence-electron chi connectivity index (χ4n) is 9.37. The van der Waals surface area contributed by atoms with Crippen LogP contribution in [0.25, 0.3) is 5.65 Å². The summed E-state index contributed by atoms with van der Waals surface area (Å²) in [7, 11) is -2.84. The van der Waals surface area contributed by atoms with Crippen LogP contribution in [0, 0.1) is 18.3 Å². The predicted octanol–water partition coefficient (Wildman–Crippen LogP) is 5.50. The Morgan fingerprint density at radius 3 is 2.22 bits per heavy atom. The highest BCUT2D eigenvalue weighted by molar-refractivity contribution is 6.99. The monoisotopic (exact) mass is 685 g/mol. The number of hydrogen-bond acceptors (Lipinski definition) is 6. The molecule has 9 heteroatoms. The molecule has 1 aliphatic carbocycles. The number of amides is 1. The van der Waals surface area contributed by atoms with Gasteiger partial charge in [-0.15, -0.1) is 5.10 Å². The molecule has 5 aromatic rings. The molecule has 9 rings (SSSR count). The van der Waals surface area contributed by atoms with Crippen LogP contribution in [0.15, 0.2) is 103 Å². The molecule has 50 heavy (non-hydrogen) atoms. The van der Waals surface area contributed by atoms with Crippen LogP contribution in [-0.2, 0) is 25.0 Å². The number of benzene rings is 3. The number of aromatic nitrogens is 3. The maximum absolute atomic E-state index is 13.4. The molecule has 8 nitrogen and oxygen atoms in total. The van der Waals surface area contributed by atoms with Crippen LogP contribution >= 0.6 is 0 Å². The molecule has 0 spiro atoms. The third-order valence-electron chi connectivity index (χ3n) is 11.9. The fraction of sp³-hybridized carbons (Fsp3) is 0.390. The lowest BCUT2D eigenvalue weighted by atomic mass is 9.53. The number of pyridine rings is 1. The molecule has 2 N–H and O–H groups in total. The van der Waals surface area contributed by atoms with Crippen molar-refractivity contribution >= 4 is 35.9 Å². The van der Waals surface area contributed by atoms with E-state index in [4.69, 9.17) is 25.0 Å². The van der Waals surface area contributed by atoms with Gasteiger partial charge in [-0.1, -0.05) is 119 Å². The number of carbonyl (C=O) groups excluding carboxylic acids is 1. The number of nitrogens with two attached hydrogens (primary N) is 1. The van der Waals surface area contributed by atoms with Gasteiger partial charge in [0.2, 0.25) is 5.91 Å². The smallest absolute Gasteiger partial charge is 0.261 e. The summed E-state index contributed by atoms with van der Waals surface area (Å²) in [4.78, 5) is 20.9. The largest absolute Gasteiger partial charge is 0.407 e. The van der Waals surface area contributed by atoms with Crippen molar-refractivity contribution in [3.05, 3.63) is 120 Å². The lowest BCUT2D eigenvalue weighted by Crippen LogP contribution is -2.69. The summed E-state index contributed by atoms with van der Waals surface area (Å²) >= 11 is 0. The highest BCUT2D eigenvalue weighted by atomic mass is 28.4. The molecule has 5 heterocycles. The zero-order chi connectivity index (χ0) is 34.9. The lowest BCUT2D eigenvalue weighted by Gasteiger charge is -2.52. The van der Waals surface area contributed by atoms with Gasteiger partial charge in [-0.25, -0.2) is 9.50 Å². The number of primary amides is 1. The van der Waals surface area contributed by atoms with Crippen molar-refractivity contribution in [3.8, 4) is 0 Å². The molecule has 1 amide bonds. The molecule has 0 radical (unpaired) electrons. The lowest BCUT2D eigenvalue weighted by molar-refractivity contribution is -0.152. The molecule has 3 aliphatic heterocycles. The Morgan fingerprint density at radius 2 is 1.62 bits per heavy atom. The van der Waals surface area contributed by atoms with E-state index < -0.39 is 31.2 Å². The van der Waals surface area contributed by atoms with Gasteiger partial charge in [0.25, 0.3) is 8.32 Å². The Kier molecular flexibility index (Phi) is 7.64. The van der Waals surface area contributed by atoms with E-state index in [1.807, 2.05) is 16.6 Å². The zero-order valence-electron chi connectivity index (χ0n) is 29.7. The first kappa shape index (κ1) is 32.9. The molecule has 2 aromatic heterocycles. The van der Waals surface area contributed by atoms with E-state index in [1.165, 1.54) is 15.9 Å². The summed E-state index contributed by atoms with van der Waals surface area (Å²) in [5.74, 6) is -0.473. The van der Waals surface area contributed by atoms with Crippen LogP contribution in [0.2, 0.25) is 5.04 Å². The van der Waals surface area contributed by atoms with E-state index in [9.17, 15) is 4.79 Å². The summed E-state index contributed by atoms with van der Waals surface area (Å²) in [5, 5.41) is 7.22. The number of ether oxygens (including phenoxy) is 1. The number of fused-ring (bicyclic) bond motifs is 2. The highest BCUT2D eigenvalue weighted by Crippen LogP contribution is 2.67. The van der Waals surface area contributed by atoms with Crippen molar-refractivity contribution in [3.63, 3.8) is 0 Å². The van der Waals surface area contributed by atoms with Gasteiger partial charge < -0.3 is 19.8 Å². The predicted molar refractivity (Wildman–Crippen MR) is 199 cm³/mol. The van der Waals surface area contributed by atoms with Crippen LogP contribution in [0.1, 0.15) is 57.5 Å². The van der Waals surface area contributed by atoms with Crippen LogP contribution in [0.4, 0.5) is 5.69 Å². The second-order valence-corrected chi connectivity index (χ2v) is 20.5. The average molecular weight is 686 g/mol. The third-order valence-corrected chi connectivity index (χ3v) is 16.9.